The second kappa shape index (κ2) is 4.26. The summed E-state index contributed by atoms with van der Waals surface area (Å²) < 4.78 is 4.36. The molecule has 0 aliphatic heterocycles. The number of hydrogen-bond acceptors (Lipinski definition) is 3. The molecule has 0 aromatic rings. The lowest BCUT2D eigenvalue weighted by Crippen LogP contribution is -2.17. The molecule has 0 radical (unpaired) electrons. The van der Waals surface area contributed by atoms with E-state index in [4.69, 9.17) is 5.73 Å². The summed E-state index contributed by atoms with van der Waals surface area (Å²) in [5, 5.41) is -0.201. The lowest BCUT2D eigenvalue weighted by molar-refractivity contribution is -0.135. The fourth-order valence-electron chi connectivity index (χ4n) is 0.367. The van der Waals surface area contributed by atoms with Crippen molar-refractivity contribution in [3.63, 3.8) is 0 Å². The number of esters is 1. The summed E-state index contributed by atoms with van der Waals surface area (Å²) in [6, 6.07) is 0. The van der Waals surface area contributed by atoms with Gasteiger partial charge in [-0.15, -0.1) is 0 Å². The zero-order valence-electron chi connectivity index (χ0n) is 5.22. The van der Waals surface area contributed by atoms with Gasteiger partial charge in [0.1, 0.15) is 0 Å². The van der Waals surface area contributed by atoms with Crippen LogP contribution in [0.3, 0.4) is 0 Å². The highest BCUT2D eigenvalue weighted by atomic mass is 32.1. The molecule has 0 rings (SSSR count). The maximum atomic E-state index is 10.5. The first-order chi connectivity index (χ1) is 4.16. The Morgan fingerprint density at radius 1 is 1.78 bits per heavy atom. The first kappa shape index (κ1) is 8.36. The van der Waals surface area contributed by atoms with Crippen LogP contribution in [0.15, 0.2) is 0 Å². The maximum absolute atomic E-state index is 10.5. The minimum atomic E-state index is -0.356. The van der Waals surface area contributed by atoms with Gasteiger partial charge in [0.05, 0.1) is 0 Å². The lowest BCUT2D eigenvalue weighted by Gasteiger charge is -1.96. The third kappa shape index (κ3) is 5.23. The highest BCUT2D eigenvalue weighted by Gasteiger charge is 2.00. The second-order valence-electron chi connectivity index (χ2n) is 1.54. The molecular formula is C5H9NO2S. The summed E-state index contributed by atoms with van der Waals surface area (Å²) >= 11 is 4.32. The van der Waals surface area contributed by atoms with Crippen LogP contribution < -0.4 is 5.73 Å². The highest BCUT2D eigenvalue weighted by Crippen LogP contribution is 1.89. The van der Waals surface area contributed by atoms with Crippen molar-refractivity contribution in [2.45, 2.75) is 19.8 Å². The van der Waals surface area contributed by atoms with Crippen LogP contribution in [0.25, 0.3) is 0 Å². The Balaban J connectivity index is 3.39. The van der Waals surface area contributed by atoms with Crippen LogP contribution in [0.5, 0.6) is 0 Å². The van der Waals surface area contributed by atoms with Crippen LogP contribution in [0.1, 0.15) is 19.8 Å². The van der Waals surface area contributed by atoms with E-state index >= 15 is 0 Å². The molecular weight excluding hydrogens is 138 g/mol. The van der Waals surface area contributed by atoms with Crippen LogP contribution in [-0.4, -0.2) is 11.1 Å². The number of carbonyl (C=O) groups excluding carboxylic acids is 1. The maximum Gasteiger partial charge on any atom is 0.313 e. The standard InChI is InChI=1S/C5H9NO2S/c1-2-3-4(7)8-5(6)9/h2-3H2,1H3,(H2,6,9). The van der Waals surface area contributed by atoms with Crippen LogP contribution in [0, 0.1) is 0 Å². The Morgan fingerprint density at radius 3 is 2.67 bits per heavy atom. The van der Waals surface area contributed by atoms with Gasteiger partial charge in [-0.25, -0.2) is 0 Å². The summed E-state index contributed by atoms with van der Waals surface area (Å²) in [6.07, 6.45) is 1.12. The summed E-state index contributed by atoms with van der Waals surface area (Å²) in [5.74, 6) is -0.356. The van der Waals surface area contributed by atoms with Crippen molar-refractivity contribution in [2.24, 2.45) is 5.73 Å². The Bertz CT molecular complexity index is 124. The summed E-state index contributed by atoms with van der Waals surface area (Å²) in [7, 11) is 0. The van der Waals surface area contributed by atoms with E-state index in [0.29, 0.717) is 6.42 Å². The largest absolute Gasteiger partial charge is 0.399 e. The lowest BCUT2D eigenvalue weighted by atomic mass is 10.3. The van der Waals surface area contributed by atoms with Crippen molar-refractivity contribution in [2.75, 3.05) is 0 Å². The zero-order chi connectivity index (χ0) is 7.28. The van der Waals surface area contributed by atoms with Crippen molar-refractivity contribution < 1.29 is 9.53 Å². The molecule has 52 valence electrons. The Labute approximate surface area is 59.2 Å². The quantitative estimate of drug-likeness (QED) is 0.458. The van der Waals surface area contributed by atoms with Crippen LogP contribution >= 0.6 is 12.2 Å². The fraction of sp³-hybridized carbons (Fsp3) is 0.600. The van der Waals surface area contributed by atoms with Crippen LogP contribution in [0.2, 0.25) is 0 Å². The van der Waals surface area contributed by atoms with E-state index in [-0.39, 0.29) is 11.1 Å². The average Bonchev–Trinajstić information content (AvgIpc) is 1.63. The minimum absolute atomic E-state index is 0.201. The first-order valence-electron chi connectivity index (χ1n) is 2.67. The molecule has 0 bridgehead atoms. The molecule has 0 saturated carbocycles. The molecule has 9 heavy (non-hydrogen) atoms. The van der Waals surface area contributed by atoms with E-state index in [2.05, 4.69) is 17.0 Å². The molecule has 3 nitrogen and oxygen atoms in total. The number of carbonyl (C=O) groups is 1. The molecule has 0 saturated heterocycles. The predicted octanol–water partition coefficient (Wildman–Crippen LogP) is 0.573. The van der Waals surface area contributed by atoms with Gasteiger partial charge in [-0.05, 0) is 18.6 Å². The monoisotopic (exact) mass is 147 g/mol. The molecule has 2 N–H and O–H groups in total. The van der Waals surface area contributed by atoms with Crippen molar-refractivity contribution in [1.29, 1.82) is 0 Å². The molecule has 0 aliphatic carbocycles. The average molecular weight is 147 g/mol. The van der Waals surface area contributed by atoms with Gasteiger partial charge in [0.2, 0.25) is 0 Å². The minimum Gasteiger partial charge on any atom is -0.399 e. The summed E-state index contributed by atoms with van der Waals surface area (Å²) in [4.78, 5) is 10.5. The topological polar surface area (TPSA) is 52.3 Å². The third-order valence-electron chi connectivity index (χ3n) is 0.669. The van der Waals surface area contributed by atoms with Gasteiger partial charge in [-0.3, -0.25) is 4.79 Å². The van der Waals surface area contributed by atoms with Gasteiger partial charge in [0.25, 0.3) is 5.17 Å². The molecule has 0 aromatic carbocycles. The third-order valence-corrected chi connectivity index (χ3v) is 0.752. The molecule has 0 unspecified atom stereocenters. The molecule has 0 heterocycles. The Morgan fingerprint density at radius 2 is 2.33 bits per heavy atom. The van der Waals surface area contributed by atoms with Gasteiger partial charge in [-0.2, -0.15) is 0 Å². The predicted molar refractivity (Wildman–Crippen MR) is 37.8 cm³/mol. The van der Waals surface area contributed by atoms with Crippen molar-refractivity contribution in [3.8, 4) is 0 Å². The highest BCUT2D eigenvalue weighted by molar-refractivity contribution is 7.80. The number of ether oxygens (including phenoxy) is 1. The molecule has 4 heteroatoms. The number of thiocarbonyl (C=S) groups is 1. The Hall–Kier alpha value is -0.640. The van der Waals surface area contributed by atoms with E-state index in [1.165, 1.54) is 0 Å². The van der Waals surface area contributed by atoms with Crippen molar-refractivity contribution >= 4 is 23.4 Å². The van der Waals surface area contributed by atoms with Gasteiger partial charge >= 0.3 is 5.97 Å². The molecule has 0 fully saturated rings. The molecule has 0 aliphatic rings. The van der Waals surface area contributed by atoms with E-state index in [1.807, 2.05) is 6.92 Å². The van der Waals surface area contributed by atoms with Crippen LogP contribution in [-0.2, 0) is 9.53 Å². The SMILES string of the molecule is CCCC(=O)OC(N)=S. The zero-order valence-corrected chi connectivity index (χ0v) is 6.03. The summed E-state index contributed by atoms with van der Waals surface area (Å²) in [5.41, 5.74) is 4.91. The van der Waals surface area contributed by atoms with E-state index in [1.54, 1.807) is 0 Å². The number of nitrogens with two attached hydrogens (primary N) is 1. The first-order valence-corrected chi connectivity index (χ1v) is 3.07. The normalized spacial score (nSPS) is 8.56. The van der Waals surface area contributed by atoms with Gasteiger partial charge < -0.3 is 10.5 Å². The van der Waals surface area contributed by atoms with Crippen molar-refractivity contribution in [1.82, 2.24) is 0 Å². The van der Waals surface area contributed by atoms with E-state index in [0.717, 1.165) is 6.42 Å². The van der Waals surface area contributed by atoms with E-state index < -0.39 is 0 Å². The smallest absolute Gasteiger partial charge is 0.313 e. The summed E-state index contributed by atoms with van der Waals surface area (Å²) in [6.45, 7) is 1.88. The number of rotatable bonds is 2. The second-order valence-corrected chi connectivity index (χ2v) is 1.95. The molecule has 0 spiro atoms. The van der Waals surface area contributed by atoms with Gasteiger partial charge in [0.15, 0.2) is 0 Å². The molecule has 0 aromatic heterocycles. The van der Waals surface area contributed by atoms with Crippen molar-refractivity contribution in [3.05, 3.63) is 0 Å². The van der Waals surface area contributed by atoms with Crippen LogP contribution in [0.4, 0.5) is 0 Å². The van der Waals surface area contributed by atoms with Gasteiger partial charge in [-0.1, -0.05) is 6.92 Å². The van der Waals surface area contributed by atoms with E-state index in [9.17, 15) is 4.79 Å². The fourth-order valence-corrected chi connectivity index (χ4v) is 0.460. The van der Waals surface area contributed by atoms with Gasteiger partial charge in [0, 0.05) is 6.42 Å². The molecule has 0 atom stereocenters. The molecule has 0 amide bonds. The number of hydrogen-bond donors (Lipinski definition) is 1. The Kier molecular flexibility index (Phi) is 3.96.